The highest BCUT2D eigenvalue weighted by Gasteiger charge is 2.15. The van der Waals surface area contributed by atoms with Gasteiger partial charge in [0.1, 0.15) is 0 Å². The van der Waals surface area contributed by atoms with Crippen molar-refractivity contribution in [2.24, 2.45) is 4.99 Å². The fraction of sp³-hybridized carbons (Fsp3) is 0.455. The second-order valence-corrected chi connectivity index (χ2v) is 8.53. The van der Waals surface area contributed by atoms with Crippen molar-refractivity contribution < 1.29 is 9.72 Å². The fourth-order valence-corrected chi connectivity index (χ4v) is 4.05. The molecule has 0 spiro atoms. The van der Waals surface area contributed by atoms with Crippen LogP contribution in [0.5, 0.6) is 0 Å². The molecule has 1 aromatic carbocycles. The van der Waals surface area contributed by atoms with Gasteiger partial charge in [0.05, 0.1) is 18.0 Å². The zero-order chi connectivity index (χ0) is 21.9. The van der Waals surface area contributed by atoms with Crippen LogP contribution in [-0.2, 0) is 17.9 Å². The molecule has 9 heteroatoms. The lowest BCUT2D eigenvalue weighted by Crippen LogP contribution is -2.39. The molecule has 0 saturated carbocycles. The lowest BCUT2D eigenvalue weighted by atomic mass is 10.2. The van der Waals surface area contributed by atoms with Crippen LogP contribution in [0.3, 0.4) is 0 Å². The monoisotopic (exact) mass is 443 g/mol. The van der Waals surface area contributed by atoms with E-state index in [1.54, 1.807) is 23.5 Å². The standard InChI is InChI=1S/C22H29N5O3S/c28-21-7-2-1-3-13-26(21)14-5-12-23-22(25-17-20-6-4-15-31-20)24-16-18-8-10-19(11-9-18)27(29)30/h4,6,8-11,15H,1-3,5,7,12-14,16-17H2,(H2,23,24,25). The Labute approximate surface area is 186 Å². The minimum absolute atomic E-state index is 0.0740. The topological polar surface area (TPSA) is 99.9 Å². The van der Waals surface area contributed by atoms with Gasteiger partial charge in [-0.2, -0.15) is 0 Å². The SMILES string of the molecule is O=C1CCCCCN1CCCNC(=NCc1ccc([N+](=O)[O-])cc1)NCc1cccs1. The van der Waals surface area contributed by atoms with Gasteiger partial charge in [-0.25, -0.2) is 4.99 Å². The second-order valence-electron chi connectivity index (χ2n) is 7.49. The van der Waals surface area contributed by atoms with Crippen LogP contribution in [0.1, 0.15) is 42.5 Å². The van der Waals surface area contributed by atoms with E-state index in [1.165, 1.54) is 17.0 Å². The first-order chi connectivity index (χ1) is 15.1. The highest BCUT2D eigenvalue weighted by molar-refractivity contribution is 7.09. The highest BCUT2D eigenvalue weighted by atomic mass is 32.1. The van der Waals surface area contributed by atoms with E-state index >= 15 is 0 Å². The van der Waals surface area contributed by atoms with Crippen molar-refractivity contribution in [1.82, 2.24) is 15.5 Å². The molecule has 8 nitrogen and oxygen atoms in total. The van der Waals surface area contributed by atoms with Crippen LogP contribution < -0.4 is 10.6 Å². The maximum Gasteiger partial charge on any atom is 0.269 e. The number of rotatable bonds is 9. The zero-order valence-corrected chi connectivity index (χ0v) is 18.4. The van der Waals surface area contributed by atoms with Crippen molar-refractivity contribution in [2.75, 3.05) is 19.6 Å². The molecule has 2 N–H and O–H groups in total. The number of non-ortho nitro benzene ring substituents is 1. The van der Waals surface area contributed by atoms with Gasteiger partial charge in [0.25, 0.3) is 5.69 Å². The summed E-state index contributed by atoms with van der Waals surface area (Å²) >= 11 is 1.68. The van der Waals surface area contributed by atoms with E-state index in [9.17, 15) is 14.9 Å². The quantitative estimate of drug-likeness (QED) is 0.202. The summed E-state index contributed by atoms with van der Waals surface area (Å²) in [4.78, 5) is 30.3. The number of nitro benzene ring substituents is 1. The average Bonchev–Trinajstić information content (AvgIpc) is 3.21. The molecule has 1 fully saturated rings. The maximum absolute atomic E-state index is 12.1. The molecule has 0 bridgehead atoms. The Bertz CT molecular complexity index is 868. The number of carbonyl (C=O) groups excluding carboxylic acids is 1. The predicted molar refractivity (Wildman–Crippen MR) is 123 cm³/mol. The summed E-state index contributed by atoms with van der Waals surface area (Å²) in [5.74, 6) is 0.953. The number of nitrogens with zero attached hydrogens (tertiary/aromatic N) is 3. The van der Waals surface area contributed by atoms with Gasteiger partial charge in [0.15, 0.2) is 5.96 Å². The summed E-state index contributed by atoms with van der Waals surface area (Å²) in [5, 5.41) is 19.5. The van der Waals surface area contributed by atoms with Gasteiger partial charge in [0, 0.05) is 43.1 Å². The number of guanidine groups is 1. The summed E-state index contributed by atoms with van der Waals surface area (Å²) in [5.41, 5.74) is 0.975. The number of hydrogen-bond acceptors (Lipinski definition) is 5. The van der Waals surface area contributed by atoms with Gasteiger partial charge in [-0.15, -0.1) is 11.3 Å². The second kappa shape index (κ2) is 12.0. The van der Waals surface area contributed by atoms with Gasteiger partial charge in [-0.3, -0.25) is 14.9 Å². The number of likely N-dealkylation sites (tertiary alicyclic amines) is 1. The van der Waals surface area contributed by atoms with E-state index in [1.807, 2.05) is 16.3 Å². The average molecular weight is 444 g/mol. The normalized spacial score (nSPS) is 14.9. The number of benzene rings is 1. The Hall–Kier alpha value is -2.94. The summed E-state index contributed by atoms with van der Waals surface area (Å²) in [6.07, 6.45) is 4.73. The fourth-order valence-electron chi connectivity index (χ4n) is 3.40. The molecular weight excluding hydrogens is 414 g/mol. The van der Waals surface area contributed by atoms with Gasteiger partial charge in [-0.1, -0.05) is 24.6 Å². The maximum atomic E-state index is 12.1. The highest BCUT2D eigenvalue weighted by Crippen LogP contribution is 2.13. The number of thiophene rings is 1. The third-order valence-corrected chi connectivity index (χ3v) is 6.02. The Morgan fingerprint density at radius 1 is 1.16 bits per heavy atom. The van der Waals surface area contributed by atoms with Gasteiger partial charge in [0.2, 0.25) is 5.91 Å². The van der Waals surface area contributed by atoms with Crippen LogP contribution in [0.25, 0.3) is 0 Å². The minimum Gasteiger partial charge on any atom is -0.356 e. The molecule has 1 aromatic heterocycles. The van der Waals surface area contributed by atoms with Crippen LogP contribution in [0.15, 0.2) is 46.8 Å². The van der Waals surface area contributed by atoms with Crippen LogP contribution >= 0.6 is 11.3 Å². The van der Waals surface area contributed by atoms with Crippen molar-refractivity contribution in [3.63, 3.8) is 0 Å². The van der Waals surface area contributed by atoms with Crippen LogP contribution in [-0.4, -0.2) is 41.3 Å². The number of nitrogens with one attached hydrogen (secondary N) is 2. The summed E-state index contributed by atoms with van der Waals surface area (Å²) in [6.45, 7) is 3.42. The summed E-state index contributed by atoms with van der Waals surface area (Å²) in [7, 11) is 0. The minimum atomic E-state index is -0.405. The van der Waals surface area contributed by atoms with Crippen LogP contribution in [0.2, 0.25) is 0 Å². The van der Waals surface area contributed by atoms with Crippen LogP contribution in [0.4, 0.5) is 5.69 Å². The molecule has 31 heavy (non-hydrogen) atoms. The van der Waals surface area contributed by atoms with Crippen molar-refractivity contribution in [3.8, 4) is 0 Å². The summed E-state index contributed by atoms with van der Waals surface area (Å²) in [6, 6.07) is 10.5. The molecule has 1 aliphatic heterocycles. The first kappa shape index (κ1) is 22.7. The number of amides is 1. The number of hydrogen-bond donors (Lipinski definition) is 2. The number of aliphatic imine (C=N–C) groups is 1. The molecule has 0 radical (unpaired) electrons. The molecule has 0 unspecified atom stereocenters. The van der Waals surface area contributed by atoms with Crippen molar-refractivity contribution in [2.45, 2.75) is 45.2 Å². The Balaban J connectivity index is 1.52. The number of nitro groups is 1. The van der Waals surface area contributed by atoms with Gasteiger partial charge < -0.3 is 15.5 Å². The molecule has 2 heterocycles. The van der Waals surface area contributed by atoms with E-state index in [0.29, 0.717) is 32.0 Å². The lowest BCUT2D eigenvalue weighted by Gasteiger charge is -2.21. The Morgan fingerprint density at radius 2 is 2.00 bits per heavy atom. The molecular formula is C22H29N5O3S. The van der Waals surface area contributed by atoms with E-state index in [-0.39, 0.29) is 11.6 Å². The first-order valence-electron chi connectivity index (χ1n) is 10.7. The predicted octanol–water partition coefficient (Wildman–Crippen LogP) is 3.68. The Morgan fingerprint density at radius 3 is 2.74 bits per heavy atom. The van der Waals surface area contributed by atoms with Crippen molar-refractivity contribution in [3.05, 3.63) is 62.3 Å². The van der Waals surface area contributed by atoms with Crippen molar-refractivity contribution in [1.29, 1.82) is 0 Å². The third-order valence-electron chi connectivity index (χ3n) is 5.15. The Kier molecular flexibility index (Phi) is 8.84. The van der Waals surface area contributed by atoms with E-state index in [4.69, 9.17) is 0 Å². The molecule has 2 aromatic rings. The molecule has 0 aliphatic carbocycles. The molecule has 1 aliphatic rings. The van der Waals surface area contributed by atoms with Crippen LogP contribution in [0, 0.1) is 10.1 Å². The molecule has 1 amide bonds. The smallest absolute Gasteiger partial charge is 0.269 e. The van der Waals surface area contributed by atoms with E-state index in [2.05, 4.69) is 21.7 Å². The van der Waals surface area contributed by atoms with E-state index in [0.717, 1.165) is 44.3 Å². The van der Waals surface area contributed by atoms with Gasteiger partial charge in [-0.05, 0) is 36.3 Å². The van der Waals surface area contributed by atoms with Crippen molar-refractivity contribution >= 4 is 28.9 Å². The first-order valence-corrected chi connectivity index (χ1v) is 11.6. The molecule has 1 saturated heterocycles. The molecule has 0 atom stereocenters. The van der Waals surface area contributed by atoms with E-state index < -0.39 is 4.92 Å². The third kappa shape index (κ3) is 7.67. The molecule has 166 valence electrons. The lowest BCUT2D eigenvalue weighted by molar-refractivity contribution is -0.384. The molecule has 3 rings (SSSR count). The van der Waals surface area contributed by atoms with Gasteiger partial charge >= 0.3 is 0 Å². The summed E-state index contributed by atoms with van der Waals surface area (Å²) < 4.78 is 0. The number of carbonyl (C=O) groups is 1. The largest absolute Gasteiger partial charge is 0.356 e. The zero-order valence-electron chi connectivity index (χ0n) is 17.6.